The molecule has 16 heavy (non-hydrogen) atoms. The molecule has 0 aliphatic heterocycles. The molecule has 2 N–H and O–H groups in total. The van der Waals surface area contributed by atoms with Crippen LogP contribution in [-0.4, -0.2) is 16.1 Å². The minimum atomic E-state index is -1.06. The second-order valence-corrected chi connectivity index (χ2v) is 3.17. The van der Waals surface area contributed by atoms with Crippen LogP contribution in [0, 0.1) is 0 Å². The van der Waals surface area contributed by atoms with Crippen LogP contribution in [-0.2, 0) is 6.54 Å². The van der Waals surface area contributed by atoms with E-state index in [2.05, 4.69) is 10.3 Å². The number of carboxylic acids is 1. The number of rotatable bonds is 4. The zero-order valence-corrected chi connectivity index (χ0v) is 8.38. The highest BCUT2D eigenvalue weighted by Gasteiger charge is 2.08. The Hall–Kier alpha value is -2.30. The molecule has 0 unspecified atom stereocenters. The van der Waals surface area contributed by atoms with Crippen LogP contribution in [0.1, 0.15) is 16.3 Å². The standard InChI is InChI=1S/C11H10N2O3/c14-11(15)10-4-3-9(16-10)7-13-8-2-1-5-12-6-8/h1-6,13H,7H2,(H,14,15). The molecule has 0 aromatic carbocycles. The molecule has 0 aliphatic carbocycles. The molecule has 0 radical (unpaired) electrons. The SMILES string of the molecule is O=C(O)c1ccc(CNc2cccnc2)o1. The van der Waals surface area contributed by atoms with E-state index in [-0.39, 0.29) is 5.76 Å². The van der Waals surface area contributed by atoms with Crippen LogP contribution in [0.3, 0.4) is 0 Å². The summed E-state index contributed by atoms with van der Waals surface area (Å²) in [6.07, 6.45) is 3.36. The van der Waals surface area contributed by atoms with Gasteiger partial charge in [0.05, 0.1) is 12.2 Å². The first-order chi connectivity index (χ1) is 7.75. The summed E-state index contributed by atoms with van der Waals surface area (Å²) in [5, 5.41) is 11.7. The molecule has 5 nitrogen and oxygen atoms in total. The Bertz CT molecular complexity index is 479. The number of furan rings is 1. The predicted molar refractivity (Wildman–Crippen MR) is 57.2 cm³/mol. The number of nitrogens with one attached hydrogen (secondary N) is 1. The van der Waals surface area contributed by atoms with Gasteiger partial charge in [-0.15, -0.1) is 0 Å². The molecule has 0 saturated heterocycles. The zero-order chi connectivity index (χ0) is 11.4. The van der Waals surface area contributed by atoms with Crippen LogP contribution in [0.15, 0.2) is 41.1 Å². The van der Waals surface area contributed by atoms with Gasteiger partial charge in [0.2, 0.25) is 5.76 Å². The van der Waals surface area contributed by atoms with Crippen molar-refractivity contribution in [1.82, 2.24) is 4.98 Å². The van der Waals surface area contributed by atoms with Gasteiger partial charge in [-0.3, -0.25) is 4.98 Å². The highest BCUT2D eigenvalue weighted by Crippen LogP contribution is 2.10. The maximum absolute atomic E-state index is 10.6. The summed E-state index contributed by atoms with van der Waals surface area (Å²) in [7, 11) is 0. The fourth-order valence-corrected chi connectivity index (χ4v) is 1.24. The molecule has 2 heterocycles. The zero-order valence-electron chi connectivity index (χ0n) is 8.38. The summed E-state index contributed by atoms with van der Waals surface area (Å²) in [5.41, 5.74) is 0.857. The molecule has 0 atom stereocenters. The number of aromatic carboxylic acids is 1. The van der Waals surface area contributed by atoms with E-state index in [0.29, 0.717) is 12.3 Å². The van der Waals surface area contributed by atoms with E-state index < -0.39 is 5.97 Å². The Labute approximate surface area is 91.7 Å². The van der Waals surface area contributed by atoms with E-state index in [1.165, 1.54) is 6.07 Å². The first kappa shape index (κ1) is 10.2. The van der Waals surface area contributed by atoms with Crippen molar-refractivity contribution in [2.75, 3.05) is 5.32 Å². The Balaban J connectivity index is 1.97. The first-order valence-electron chi connectivity index (χ1n) is 4.71. The lowest BCUT2D eigenvalue weighted by molar-refractivity contribution is 0.0660. The predicted octanol–water partition coefficient (Wildman–Crippen LogP) is 1.98. The van der Waals surface area contributed by atoms with Crippen molar-refractivity contribution in [3.8, 4) is 0 Å². The maximum atomic E-state index is 10.6. The molecule has 0 aliphatic rings. The number of nitrogens with zero attached hydrogens (tertiary/aromatic N) is 1. The van der Waals surface area contributed by atoms with Gasteiger partial charge in [0.1, 0.15) is 5.76 Å². The van der Waals surface area contributed by atoms with Crippen molar-refractivity contribution in [3.63, 3.8) is 0 Å². The third-order valence-electron chi connectivity index (χ3n) is 2.00. The Kier molecular flexibility index (Phi) is 2.86. The molecule has 0 amide bonds. The van der Waals surface area contributed by atoms with E-state index in [9.17, 15) is 4.79 Å². The monoisotopic (exact) mass is 218 g/mol. The molecule has 0 saturated carbocycles. The van der Waals surface area contributed by atoms with E-state index in [4.69, 9.17) is 9.52 Å². The minimum absolute atomic E-state index is 0.0528. The van der Waals surface area contributed by atoms with Gasteiger partial charge in [-0.1, -0.05) is 0 Å². The molecule has 0 bridgehead atoms. The van der Waals surface area contributed by atoms with Gasteiger partial charge in [-0.05, 0) is 24.3 Å². The van der Waals surface area contributed by atoms with Crippen LogP contribution in [0.25, 0.3) is 0 Å². The highest BCUT2D eigenvalue weighted by atomic mass is 16.4. The average molecular weight is 218 g/mol. The summed E-state index contributed by atoms with van der Waals surface area (Å²) in [6, 6.07) is 6.75. The van der Waals surface area contributed by atoms with Crippen molar-refractivity contribution < 1.29 is 14.3 Å². The van der Waals surface area contributed by atoms with Crippen molar-refractivity contribution in [2.24, 2.45) is 0 Å². The topological polar surface area (TPSA) is 75.4 Å². The van der Waals surface area contributed by atoms with Crippen molar-refractivity contribution in [1.29, 1.82) is 0 Å². The summed E-state index contributed by atoms with van der Waals surface area (Å²) in [4.78, 5) is 14.5. The van der Waals surface area contributed by atoms with E-state index in [1.807, 2.05) is 12.1 Å². The van der Waals surface area contributed by atoms with Gasteiger partial charge >= 0.3 is 5.97 Å². The number of hydrogen-bond donors (Lipinski definition) is 2. The highest BCUT2D eigenvalue weighted by molar-refractivity contribution is 5.84. The lowest BCUT2D eigenvalue weighted by Crippen LogP contribution is -1.98. The van der Waals surface area contributed by atoms with E-state index in [1.54, 1.807) is 18.5 Å². The molecule has 2 aromatic rings. The molecular formula is C11H10N2O3. The molecule has 2 aromatic heterocycles. The van der Waals surface area contributed by atoms with E-state index in [0.717, 1.165) is 5.69 Å². The van der Waals surface area contributed by atoms with Crippen LogP contribution in [0.2, 0.25) is 0 Å². The summed E-state index contributed by atoms with van der Waals surface area (Å²) >= 11 is 0. The smallest absolute Gasteiger partial charge is 0.371 e. The summed E-state index contributed by atoms with van der Waals surface area (Å²) in [6.45, 7) is 0.430. The molecular weight excluding hydrogens is 208 g/mol. The van der Waals surface area contributed by atoms with Gasteiger partial charge in [0.25, 0.3) is 0 Å². The number of anilines is 1. The molecule has 5 heteroatoms. The number of pyridine rings is 1. The normalized spacial score (nSPS) is 10.0. The van der Waals surface area contributed by atoms with Crippen molar-refractivity contribution in [2.45, 2.75) is 6.54 Å². The summed E-state index contributed by atoms with van der Waals surface area (Å²) in [5.74, 6) is -0.545. The molecule has 82 valence electrons. The van der Waals surface area contributed by atoms with Gasteiger partial charge in [-0.25, -0.2) is 4.79 Å². The minimum Gasteiger partial charge on any atom is -0.475 e. The number of carbonyl (C=O) groups is 1. The number of hydrogen-bond acceptors (Lipinski definition) is 4. The van der Waals surface area contributed by atoms with Crippen LogP contribution in [0.4, 0.5) is 5.69 Å². The second kappa shape index (κ2) is 4.48. The third-order valence-corrected chi connectivity index (χ3v) is 2.00. The molecule has 0 spiro atoms. The lowest BCUT2D eigenvalue weighted by atomic mass is 10.4. The van der Waals surface area contributed by atoms with Gasteiger partial charge in [-0.2, -0.15) is 0 Å². The number of aromatic nitrogens is 1. The van der Waals surface area contributed by atoms with Crippen LogP contribution >= 0.6 is 0 Å². The fraction of sp³-hybridized carbons (Fsp3) is 0.0909. The maximum Gasteiger partial charge on any atom is 0.371 e. The lowest BCUT2D eigenvalue weighted by Gasteiger charge is -2.02. The average Bonchev–Trinajstić information content (AvgIpc) is 2.76. The molecule has 0 fully saturated rings. The van der Waals surface area contributed by atoms with Crippen LogP contribution < -0.4 is 5.32 Å². The summed E-state index contributed by atoms with van der Waals surface area (Å²) < 4.78 is 5.08. The third kappa shape index (κ3) is 2.38. The Morgan fingerprint density at radius 3 is 2.94 bits per heavy atom. The van der Waals surface area contributed by atoms with Crippen LogP contribution in [0.5, 0.6) is 0 Å². The van der Waals surface area contributed by atoms with Gasteiger partial charge in [0, 0.05) is 12.4 Å². The first-order valence-corrected chi connectivity index (χ1v) is 4.71. The largest absolute Gasteiger partial charge is 0.475 e. The Morgan fingerprint density at radius 2 is 2.31 bits per heavy atom. The fourth-order valence-electron chi connectivity index (χ4n) is 1.24. The van der Waals surface area contributed by atoms with Gasteiger partial charge < -0.3 is 14.8 Å². The quantitative estimate of drug-likeness (QED) is 0.820. The Morgan fingerprint density at radius 1 is 1.44 bits per heavy atom. The molecule has 2 rings (SSSR count). The van der Waals surface area contributed by atoms with Gasteiger partial charge in [0.15, 0.2) is 0 Å². The number of carboxylic acid groups (broad SMARTS) is 1. The van der Waals surface area contributed by atoms with E-state index >= 15 is 0 Å². The second-order valence-electron chi connectivity index (χ2n) is 3.17. The van der Waals surface area contributed by atoms with Crippen molar-refractivity contribution >= 4 is 11.7 Å². The van der Waals surface area contributed by atoms with Crippen molar-refractivity contribution in [3.05, 3.63) is 48.2 Å².